The number of rotatable bonds is 7. The average Bonchev–Trinajstić information content (AvgIpc) is 2.62. The number of ether oxygens (including phenoxy) is 2. The quantitative estimate of drug-likeness (QED) is 0.542. The van der Waals surface area contributed by atoms with Gasteiger partial charge in [0.05, 0.1) is 23.8 Å². The van der Waals surface area contributed by atoms with Crippen molar-refractivity contribution in [3.63, 3.8) is 0 Å². The smallest absolute Gasteiger partial charge is 0.345 e. The van der Waals surface area contributed by atoms with Crippen molar-refractivity contribution in [1.82, 2.24) is 9.88 Å². The van der Waals surface area contributed by atoms with Gasteiger partial charge < -0.3 is 14.4 Å². The third-order valence-electron chi connectivity index (χ3n) is 4.36. The minimum absolute atomic E-state index is 0.160. The summed E-state index contributed by atoms with van der Waals surface area (Å²) in [6, 6.07) is 3.75. The number of aryl methyl sites for hydroxylation is 1. The van der Waals surface area contributed by atoms with Crippen LogP contribution in [0.1, 0.15) is 43.9 Å². The fourth-order valence-electron chi connectivity index (χ4n) is 2.71. The van der Waals surface area contributed by atoms with Crippen LogP contribution in [0.15, 0.2) is 11.1 Å². The first-order valence-electron chi connectivity index (χ1n) is 8.69. The molecule has 1 heterocycles. The third kappa shape index (κ3) is 5.63. The van der Waals surface area contributed by atoms with E-state index in [1.807, 2.05) is 18.9 Å². The van der Waals surface area contributed by atoms with Gasteiger partial charge in [0.15, 0.2) is 0 Å². The number of nitriles is 1. The lowest BCUT2D eigenvalue weighted by molar-refractivity contribution is -0.173. The van der Waals surface area contributed by atoms with E-state index >= 15 is 0 Å². The molecule has 142 valence electrons. The van der Waals surface area contributed by atoms with Crippen LogP contribution >= 0.6 is 0 Å². The maximum atomic E-state index is 12.3. The van der Waals surface area contributed by atoms with Crippen LogP contribution in [-0.2, 0) is 4.74 Å². The van der Waals surface area contributed by atoms with Crippen molar-refractivity contribution in [2.75, 3.05) is 13.6 Å². The van der Waals surface area contributed by atoms with E-state index in [0.29, 0.717) is 42.6 Å². The van der Waals surface area contributed by atoms with Crippen molar-refractivity contribution in [2.45, 2.75) is 58.4 Å². The predicted octanol–water partition coefficient (Wildman–Crippen LogP) is 3.80. The second-order valence-electron chi connectivity index (χ2n) is 6.29. The number of hydrogen-bond donors (Lipinski definition) is 0. The van der Waals surface area contributed by atoms with Crippen LogP contribution in [-0.4, -0.2) is 48.6 Å². The minimum Gasteiger partial charge on any atom is -0.473 e. The molecule has 1 aromatic heterocycles. The highest BCUT2D eigenvalue weighted by Gasteiger charge is 2.26. The van der Waals surface area contributed by atoms with Crippen LogP contribution in [0.4, 0.5) is 14.5 Å². The topological polar surface area (TPSA) is 70.7 Å². The summed E-state index contributed by atoms with van der Waals surface area (Å²) < 4.78 is 35.0. The second kappa shape index (κ2) is 9.43. The SMILES string of the molecule is CCN(C)/C=N/c1cc(C#N)c(O[C@H]2CC[C@H](OC(F)F)CC2)nc1C. The molecule has 0 aliphatic heterocycles. The Morgan fingerprint density at radius 1 is 1.38 bits per heavy atom. The molecule has 2 rings (SSSR count). The van der Waals surface area contributed by atoms with Crippen molar-refractivity contribution in [3.8, 4) is 11.9 Å². The molecule has 0 bridgehead atoms. The lowest BCUT2D eigenvalue weighted by Gasteiger charge is -2.28. The third-order valence-corrected chi connectivity index (χ3v) is 4.36. The predicted molar refractivity (Wildman–Crippen MR) is 93.9 cm³/mol. The minimum atomic E-state index is -2.74. The van der Waals surface area contributed by atoms with Gasteiger partial charge in [0.1, 0.15) is 17.7 Å². The fourth-order valence-corrected chi connectivity index (χ4v) is 2.71. The monoisotopic (exact) mass is 366 g/mol. The molecule has 0 atom stereocenters. The largest absolute Gasteiger partial charge is 0.473 e. The van der Waals surface area contributed by atoms with E-state index in [1.54, 1.807) is 19.3 Å². The molecule has 0 spiro atoms. The molecule has 6 nitrogen and oxygen atoms in total. The summed E-state index contributed by atoms with van der Waals surface area (Å²) in [4.78, 5) is 10.6. The Kier molecular flexibility index (Phi) is 7.27. The maximum Gasteiger partial charge on any atom is 0.345 e. The first-order chi connectivity index (χ1) is 12.4. The average molecular weight is 366 g/mol. The summed E-state index contributed by atoms with van der Waals surface area (Å²) in [6.45, 7) is 1.89. The normalized spacial score (nSPS) is 20.3. The van der Waals surface area contributed by atoms with Crippen molar-refractivity contribution in [1.29, 1.82) is 5.26 Å². The van der Waals surface area contributed by atoms with Gasteiger partial charge in [0.2, 0.25) is 5.88 Å². The van der Waals surface area contributed by atoms with Gasteiger partial charge >= 0.3 is 6.61 Å². The standard InChI is InChI=1S/C18H24F2N4O2/c1-4-24(3)11-22-16-9-13(10-21)17(23-12(16)2)25-14-5-7-15(8-6-14)26-18(19)20/h9,11,14-15,18H,4-8H2,1-3H3/b22-11+/t14-,15-. The highest BCUT2D eigenvalue weighted by molar-refractivity contribution is 5.63. The second-order valence-corrected chi connectivity index (χ2v) is 6.29. The number of hydrogen-bond acceptors (Lipinski definition) is 5. The van der Waals surface area contributed by atoms with Gasteiger partial charge in [0, 0.05) is 13.6 Å². The van der Waals surface area contributed by atoms with Crippen molar-refractivity contribution < 1.29 is 18.3 Å². The summed E-state index contributed by atoms with van der Waals surface area (Å²) >= 11 is 0. The molecule has 0 saturated heterocycles. The van der Waals surface area contributed by atoms with Gasteiger partial charge in [-0.05, 0) is 45.6 Å². The van der Waals surface area contributed by atoms with E-state index in [0.717, 1.165) is 6.54 Å². The molecule has 1 fully saturated rings. The summed E-state index contributed by atoms with van der Waals surface area (Å²) in [5, 5.41) is 9.39. The van der Waals surface area contributed by atoms with Crippen LogP contribution < -0.4 is 4.74 Å². The van der Waals surface area contributed by atoms with Crippen molar-refractivity contribution in [3.05, 3.63) is 17.3 Å². The first kappa shape index (κ1) is 20.0. The summed E-state index contributed by atoms with van der Waals surface area (Å²) in [5.74, 6) is 0.269. The number of pyridine rings is 1. The number of halogens is 2. The molecule has 0 N–H and O–H groups in total. The van der Waals surface area contributed by atoms with Gasteiger partial charge in [0.25, 0.3) is 0 Å². The van der Waals surface area contributed by atoms with Gasteiger partial charge in [-0.25, -0.2) is 9.98 Å². The number of alkyl halides is 2. The van der Waals surface area contributed by atoms with Crippen molar-refractivity contribution >= 4 is 12.0 Å². The van der Waals surface area contributed by atoms with E-state index in [-0.39, 0.29) is 12.0 Å². The molecule has 1 aromatic rings. The zero-order valence-electron chi connectivity index (χ0n) is 15.3. The fraction of sp³-hybridized carbons (Fsp3) is 0.611. The summed E-state index contributed by atoms with van der Waals surface area (Å²) in [6.07, 6.45) is 3.27. The van der Waals surface area contributed by atoms with Crippen molar-refractivity contribution in [2.24, 2.45) is 4.99 Å². The van der Waals surface area contributed by atoms with Crippen LogP contribution in [0.5, 0.6) is 5.88 Å². The van der Waals surface area contributed by atoms with Crippen LogP contribution in [0, 0.1) is 18.3 Å². The molecule has 8 heteroatoms. The molecular formula is C18H24F2N4O2. The highest BCUT2D eigenvalue weighted by atomic mass is 19.3. The Hall–Kier alpha value is -2.27. The first-order valence-corrected chi connectivity index (χ1v) is 8.69. The lowest BCUT2D eigenvalue weighted by atomic mass is 9.95. The van der Waals surface area contributed by atoms with E-state index in [9.17, 15) is 14.0 Å². The molecule has 0 aromatic carbocycles. The maximum absolute atomic E-state index is 12.3. The molecule has 1 saturated carbocycles. The Morgan fingerprint density at radius 2 is 2.04 bits per heavy atom. The summed E-state index contributed by atoms with van der Waals surface area (Å²) in [7, 11) is 1.91. The Balaban J connectivity index is 2.05. The van der Waals surface area contributed by atoms with Gasteiger partial charge in [-0.15, -0.1) is 0 Å². The molecule has 0 unspecified atom stereocenters. The Bertz CT molecular complexity index is 668. The van der Waals surface area contributed by atoms with E-state index < -0.39 is 12.7 Å². The molecule has 0 amide bonds. The number of aliphatic imine (C=N–C) groups is 1. The molecule has 1 aliphatic rings. The zero-order valence-corrected chi connectivity index (χ0v) is 15.3. The van der Waals surface area contributed by atoms with E-state index in [2.05, 4.69) is 20.8 Å². The molecular weight excluding hydrogens is 342 g/mol. The van der Waals surface area contributed by atoms with Crippen LogP contribution in [0.3, 0.4) is 0 Å². The lowest BCUT2D eigenvalue weighted by Crippen LogP contribution is -2.29. The number of aromatic nitrogens is 1. The van der Waals surface area contributed by atoms with E-state index in [1.165, 1.54) is 0 Å². The van der Waals surface area contributed by atoms with Gasteiger partial charge in [-0.2, -0.15) is 14.0 Å². The Labute approximate surface area is 152 Å². The van der Waals surface area contributed by atoms with E-state index in [4.69, 9.17) is 4.74 Å². The van der Waals surface area contributed by atoms with Crippen LogP contribution in [0.2, 0.25) is 0 Å². The zero-order chi connectivity index (χ0) is 19.1. The number of nitrogens with zero attached hydrogens (tertiary/aromatic N) is 4. The van der Waals surface area contributed by atoms with Gasteiger partial charge in [-0.3, -0.25) is 0 Å². The highest BCUT2D eigenvalue weighted by Crippen LogP contribution is 2.29. The van der Waals surface area contributed by atoms with Gasteiger partial charge in [-0.1, -0.05) is 0 Å². The van der Waals surface area contributed by atoms with Crippen LogP contribution in [0.25, 0.3) is 0 Å². The molecule has 1 aliphatic carbocycles. The molecule has 0 radical (unpaired) electrons. The summed E-state index contributed by atoms with van der Waals surface area (Å²) in [5.41, 5.74) is 1.59. The molecule has 26 heavy (non-hydrogen) atoms. The Morgan fingerprint density at radius 3 is 2.62 bits per heavy atom.